The summed E-state index contributed by atoms with van der Waals surface area (Å²) in [6.45, 7) is 6.99. The third kappa shape index (κ3) is 9.46. The maximum atomic E-state index is 6.84. The molecule has 0 amide bonds. The normalized spacial score (nSPS) is 23.3. The first-order valence-electron chi connectivity index (χ1n) is 17.7. The van der Waals surface area contributed by atoms with Crippen molar-refractivity contribution in [2.75, 3.05) is 13.2 Å². The topological polar surface area (TPSA) is 55.4 Å². The van der Waals surface area contributed by atoms with E-state index in [1.54, 1.807) is 0 Å². The summed E-state index contributed by atoms with van der Waals surface area (Å²) in [6.07, 6.45) is -0.859. The van der Waals surface area contributed by atoms with Gasteiger partial charge in [-0.25, -0.2) is 0 Å². The van der Waals surface area contributed by atoms with E-state index in [0.29, 0.717) is 37.9 Å². The van der Waals surface area contributed by atoms with Crippen LogP contribution in [0.2, 0.25) is 5.02 Å². The molecule has 0 unspecified atom stereocenters. The molecule has 51 heavy (non-hydrogen) atoms. The van der Waals surface area contributed by atoms with Crippen LogP contribution in [-0.4, -0.2) is 43.7 Å². The predicted octanol–water partition coefficient (Wildman–Crippen LogP) is 9.13. The molecule has 6 atom stereocenters. The fraction of sp³-hybridized carbons (Fsp3) is 0.295. The van der Waals surface area contributed by atoms with Crippen LogP contribution in [0.4, 0.5) is 0 Å². The van der Waals surface area contributed by atoms with Crippen molar-refractivity contribution in [2.24, 2.45) is 0 Å². The average molecular weight is 704 g/mol. The number of rotatable bonds is 14. The van der Waals surface area contributed by atoms with Crippen molar-refractivity contribution >= 4 is 11.6 Å². The molecule has 6 nitrogen and oxygen atoms in total. The lowest BCUT2D eigenvalue weighted by atomic mass is 9.89. The highest BCUT2D eigenvalue weighted by atomic mass is 35.5. The zero-order valence-electron chi connectivity index (χ0n) is 28.7. The lowest BCUT2D eigenvalue weighted by Crippen LogP contribution is -2.56. The van der Waals surface area contributed by atoms with Crippen LogP contribution in [0.3, 0.4) is 0 Å². The minimum absolute atomic E-state index is 0.107. The Kier molecular flexibility index (Phi) is 12.1. The molecular formula is C44H44ClO6. The minimum atomic E-state index is -0.534. The van der Waals surface area contributed by atoms with E-state index >= 15 is 0 Å². The van der Waals surface area contributed by atoms with Gasteiger partial charge in [-0.15, -0.1) is 0 Å². The molecule has 7 rings (SSSR count). The Morgan fingerprint density at radius 2 is 1.20 bits per heavy atom. The quantitative estimate of drug-likeness (QED) is 0.115. The van der Waals surface area contributed by atoms with Gasteiger partial charge < -0.3 is 28.4 Å². The van der Waals surface area contributed by atoms with Crippen LogP contribution in [0, 0.1) is 6.92 Å². The van der Waals surface area contributed by atoms with Gasteiger partial charge in [-0.05, 0) is 64.9 Å². The maximum absolute atomic E-state index is 6.84. The fourth-order valence-electron chi connectivity index (χ4n) is 6.67. The summed E-state index contributed by atoms with van der Waals surface area (Å²) in [6, 6.07) is 44.7. The molecule has 5 aromatic carbocycles. The second-order valence-corrected chi connectivity index (χ2v) is 13.6. The molecule has 5 aromatic rings. The zero-order valence-corrected chi connectivity index (χ0v) is 29.4. The molecule has 0 aromatic heterocycles. The van der Waals surface area contributed by atoms with E-state index in [-0.39, 0.29) is 6.10 Å². The lowest BCUT2D eigenvalue weighted by molar-refractivity contribution is -0.258. The Balaban J connectivity index is 1.16. The number of hydrogen-bond acceptors (Lipinski definition) is 6. The SMILES string of the molecule is [CH2][C@H]1O[C@@H](c2ccc(Cl)c(Cc3ccc(O[C@@H]4CCOC4)cc3)c2)[C@H](OCc2ccccc2)[C@H](OCc2ccccc2)[C@@H]1OCc1ccccc1. The Morgan fingerprint density at radius 1 is 0.627 bits per heavy atom. The molecule has 0 aliphatic carbocycles. The van der Waals surface area contributed by atoms with Crippen molar-refractivity contribution in [3.8, 4) is 5.75 Å². The standard InChI is InChI=1S/C44H44ClO6/c1-31-41(47-27-33-11-5-2-6-12-33)43(48-28-34-13-7-3-8-14-34)44(49-29-35-15-9-4-10-16-35)42(50-31)36-19-22-40(45)37(26-36)25-32-17-20-38(21-18-32)51-39-23-24-46-30-39/h2-22,26,31,39,41-44H,1,23-25,27-30H2/t31-,39-,41-,42+,43-,44+/m1/s1. The van der Waals surface area contributed by atoms with E-state index in [2.05, 4.69) is 49.4 Å². The van der Waals surface area contributed by atoms with Gasteiger partial charge in [0.25, 0.3) is 0 Å². The van der Waals surface area contributed by atoms with Crippen LogP contribution in [0.15, 0.2) is 133 Å². The third-order valence-electron chi connectivity index (χ3n) is 9.40. The van der Waals surface area contributed by atoms with E-state index in [0.717, 1.165) is 52.2 Å². The first-order chi connectivity index (χ1) is 25.1. The van der Waals surface area contributed by atoms with E-state index in [4.69, 9.17) is 40.0 Å². The van der Waals surface area contributed by atoms with Crippen molar-refractivity contribution in [1.29, 1.82) is 0 Å². The fourth-order valence-corrected chi connectivity index (χ4v) is 6.85. The van der Waals surface area contributed by atoms with Gasteiger partial charge in [0.15, 0.2) is 0 Å². The van der Waals surface area contributed by atoms with Crippen LogP contribution in [0.5, 0.6) is 5.75 Å². The smallest absolute Gasteiger partial charge is 0.124 e. The Hall–Kier alpha value is -4.01. The van der Waals surface area contributed by atoms with Crippen LogP contribution in [0.1, 0.15) is 45.9 Å². The van der Waals surface area contributed by atoms with E-state index in [1.807, 2.05) is 91.0 Å². The molecule has 2 fully saturated rings. The largest absolute Gasteiger partial charge is 0.488 e. The third-order valence-corrected chi connectivity index (χ3v) is 9.77. The number of ether oxygens (including phenoxy) is 6. The molecule has 0 N–H and O–H groups in total. The van der Waals surface area contributed by atoms with Gasteiger partial charge in [-0.3, -0.25) is 0 Å². The summed E-state index contributed by atoms with van der Waals surface area (Å²) in [5, 5.41) is 0.687. The van der Waals surface area contributed by atoms with Crippen molar-refractivity contribution in [3.05, 3.63) is 179 Å². The van der Waals surface area contributed by atoms with Crippen molar-refractivity contribution < 1.29 is 28.4 Å². The Labute approximate surface area is 306 Å². The summed E-state index contributed by atoms with van der Waals surface area (Å²) in [5.41, 5.74) is 6.23. The lowest BCUT2D eigenvalue weighted by Gasteiger charge is -2.45. The molecule has 1 radical (unpaired) electrons. The summed E-state index contributed by atoms with van der Waals surface area (Å²) in [7, 11) is 0. The summed E-state index contributed by atoms with van der Waals surface area (Å²) >= 11 is 6.84. The average Bonchev–Trinajstić information content (AvgIpc) is 3.69. The van der Waals surface area contributed by atoms with Gasteiger partial charge in [0.05, 0.1) is 39.1 Å². The first kappa shape index (κ1) is 35.4. The van der Waals surface area contributed by atoms with E-state index in [1.165, 1.54) is 0 Å². The molecular weight excluding hydrogens is 660 g/mol. The van der Waals surface area contributed by atoms with Gasteiger partial charge in [-0.2, -0.15) is 0 Å². The van der Waals surface area contributed by atoms with Crippen molar-refractivity contribution in [1.82, 2.24) is 0 Å². The molecule has 0 spiro atoms. The highest BCUT2D eigenvalue weighted by Gasteiger charge is 2.47. The molecule has 2 aliphatic rings. The molecule has 0 saturated carbocycles. The highest BCUT2D eigenvalue weighted by Crippen LogP contribution is 2.39. The molecule has 263 valence electrons. The summed E-state index contributed by atoms with van der Waals surface area (Å²) in [5.74, 6) is 0.843. The van der Waals surface area contributed by atoms with Crippen molar-refractivity contribution in [3.63, 3.8) is 0 Å². The molecule has 0 bridgehead atoms. The predicted molar refractivity (Wildman–Crippen MR) is 199 cm³/mol. The van der Waals surface area contributed by atoms with Gasteiger partial charge in [0.2, 0.25) is 0 Å². The second-order valence-electron chi connectivity index (χ2n) is 13.2. The second kappa shape index (κ2) is 17.5. The number of hydrogen-bond donors (Lipinski definition) is 0. The Bertz CT molecular complexity index is 1780. The molecule has 2 heterocycles. The van der Waals surface area contributed by atoms with Crippen LogP contribution >= 0.6 is 11.6 Å². The van der Waals surface area contributed by atoms with E-state index in [9.17, 15) is 0 Å². The van der Waals surface area contributed by atoms with E-state index < -0.39 is 30.5 Å². The zero-order chi connectivity index (χ0) is 34.8. The minimum Gasteiger partial charge on any atom is -0.488 e. The summed E-state index contributed by atoms with van der Waals surface area (Å²) < 4.78 is 38.5. The summed E-state index contributed by atoms with van der Waals surface area (Å²) in [4.78, 5) is 0. The molecule has 2 saturated heterocycles. The monoisotopic (exact) mass is 703 g/mol. The first-order valence-corrected chi connectivity index (χ1v) is 18.0. The van der Waals surface area contributed by atoms with Crippen LogP contribution in [-0.2, 0) is 49.9 Å². The number of halogens is 1. The molecule has 7 heteroatoms. The van der Waals surface area contributed by atoms with Gasteiger partial charge >= 0.3 is 0 Å². The van der Waals surface area contributed by atoms with Gasteiger partial charge in [0, 0.05) is 11.4 Å². The van der Waals surface area contributed by atoms with Crippen LogP contribution in [0.25, 0.3) is 0 Å². The molecule has 2 aliphatic heterocycles. The van der Waals surface area contributed by atoms with Crippen LogP contribution < -0.4 is 4.74 Å². The highest BCUT2D eigenvalue weighted by molar-refractivity contribution is 6.31. The van der Waals surface area contributed by atoms with Gasteiger partial charge in [-0.1, -0.05) is 127 Å². The maximum Gasteiger partial charge on any atom is 0.124 e. The number of benzene rings is 5. The van der Waals surface area contributed by atoms with Gasteiger partial charge in [0.1, 0.15) is 36.3 Å². The Morgan fingerprint density at radius 3 is 1.76 bits per heavy atom. The van der Waals surface area contributed by atoms with Crippen molar-refractivity contribution in [2.45, 2.75) is 69.3 Å².